The molecule has 1 N–H and O–H groups in total. The zero-order valence-electron chi connectivity index (χ0n) is 9.40. The van der Waals surface area contributed by atoms with Gasteiger partial charge in [-0.15, -0.1) is 0 Å². The molecule has 2 unspecified atom stereocenters. The van der Waals surface area contributed by atoms with E-state index >= 15 is 0 Å². The lowest BCUT2D eigenvalue weighted by atomic mass is 9.88. The summed E-state index contributed by atoms with van der Waals surface area (Å²) in [7, 11) is 0. The zero-order valence-corrected chi connectivity index (χ0v) is 10.2. The van der Waals surface area contributed by atoms with Gasteiger partial charge in [0.05, 0.1) is 6.10 Å². The van der Waals surface area contributed by atoms with Crippen LogP contribution in [0.4, 0.5) is 0 Å². The lowest BCUT2D eigenvalue weighted by Gasteiger charge is -2.37. The van der Waals surface area contributed by atoms with Gasteiger partial charge < -0.3 is 9.84 Å². The molecule has 1 aromatic carbocycles. The van der Waals surface area contributed by atoms with Crippen molar-refractivity contribution in [1.82, 2.24) is 0 Å². The minimum absolute atomic E-state index is 0.105. The Morgan fingerprint density at radius 1 is 1.50 bits per heavy atom. The summed E-state index contributed by atoms with van der Waals surface area (Å²) in [5, 5.41) is 10.2. The van der Waals surface area contributed by atoms with Gasteiger partial charge in [0.15, 0.2) is 0 Å². The summed E-state index contributed by atoms with van der Waals surface area (Å²) >= 11 is 1.92. The number of aryl methyl sites for hydroxylation is 1. The van der Waals surface area contributed by atoms with Crippen LogP contribution in [0, 0.1) is 6.92 Å². The van der Waals surface area contributed by atoms with Crippen molar-refractivity contribution in [3.05, 3.63) is 29.3 Å². The van der Waals surface area contributed by atoms with Crippen molar-refractivity contribution in [1.29, 1.82) is 0 Å². The number of ether oxygens (including phenoxy) is 1. The van der Waals surface area contributed by atoms with Crippen LogP contribution in [-0.2, 0) is 0 Å². The molecule has 2 heterocycles. The highest BCUT2D eigenvalue weighted by Crippen LogP contribution is 2.45. The van der Waals surface area contributed by atoms with Gasteiger partial charge in [0.1, 0.15) is 11.4 Å². The second-order valence-corrected chi connectivity index (χ2v) is 5.95. The minimum Gasteiger partial charge on any atom is -0.486 e. The van der Waals surface area contributed by atoms with E-state index in [-0.39, 0.29) is 11.7 Å². The van der Waals surface area contributed by atoms with E-state index in [0.717, 1.165) is 35.7 Å². The van der Waals surface area contributed by atoms with E-state index in [1.807, 2.05) is 36.9 Å². The average molecular weight is 236 g/mol. The zero-order chi connectivity index (χ0) is 11.2. The fourth-order valence-electron chi connectivity index (χ4n) is 2.59. The third-order valence-corrected chi connectivity index (χ3v) is 4.71. The van der Waals surface area contributed by atoms with Gasteiger partial charge in [0.25, 0.3) is 0 Å². The molecule has 2 nitrogen and oxygen atoms in total. The van der Waals surface area contributed by atoms with Crippen molar-refractivity contribution >= 4 is 11.8 Å². The van der Waals surface area contributed by atoms with Crippen LogP contribution in [0.25, 0.3) is 0 Å². The lowest BCUT2D eigenvalue weighted by Crippen LogP contribution is -2.41. The molecule has 3 heteroatoms. The maximum absolute atomic E-state index is 10.2. The van der Waals surface area contributed by atoms with Crippen molar-refractivity contribution < 1.29 is 9.84 Å². The summed E-state index contributed by atoms with van der Waals surface area (Å²) in [6, 6.07) is 6.08. The average Bonchev–Trinajstić information content (AvgIpc) is 2.68. The predicted octanol–water partition coefficient (Wildman–Crippen LogP) is 2.69. The first-order valence-electron chi connectivity index (χ1n) is 5.74. The standard InChI is InChI=1S/C13H16O2S/c1-9-2-3-12-10(6-9)11(14)7-13(15-12)4-5-16-8-13/h2-3,6,11,14H,4-5,7-8H2,1H3. The predicted molar refractivity (Wildman–Crippen MR) is 66.1 cm³/mol. The van der Waals surface area contributed by atoms with Crippen LogP contribution in [0.5, 0.6) is 5.75 Å². The lowest BCUT2D eigenvalue weighted by molar-refractivity contribution is 0.00403. The molecule has 0 aliphatic carbocycles. The molecular formula is C13H16O2S. The van der Waals surface area contributed by atoms with Gasteiger partial charge in [-0.1, -0.05) is 11.6 Å². The molecule has 1 saturated heterocycles. The maximum atomic E-state index is 10.2. The highest BCUT2D eigenvalue weighted by Gasteiger charge is 2.43. The molecule has 0 radical (unpaired) electrons. The normalized spacial score (nSPS) is 32.5. The van der Waals surface area contributed by atoms with E-state index < -0.39 is 0 Å². The van der Waals surface area contributed by atoms with Crippen LogP contribution >= 0.6 is 11.8 Å². The number of aliphatic hydroxyl groups is 1. The molecule has 2 atom stereocenters. The fraction of sp³-hybridized carbons (Fsp3) is 0.538. The molecule has 1 spiro atoms. The molecule has 2 aliphatic heterocycles. The van der Waals surface area contributed by atoms with Crippen LogP contribution in [-0.4, -0.2) is 22.2 Å². The van der Waals surface area contributed by atoms with Gasteiger partial charge in [-0.05, 0) is 31.2 Å². The number of aliphatic hydroxyl groups excluding tert-OH is 1. The Bertz CT molecular complexity index is 410. The third kappa shape index (κ3) is 1.62. The van der Waals surface area contributed by atoms with Gasteiger partial charge in [0.2, 0.25) is 0 Å². The first kappa shape index (κ1) is 10.5. The van der Waals surface area contributed by atoms with Crippen LogP contribution in [0.3, 0.4) is 0 Å². The maximum Gasteiger partial charge on any atom is 0.126 e. The van der Waals surface area contributed by atoms with Crippen molar-refractivity contribution in [2.24, 2.45) is 0 Å². The van der Waals surface area contributed by atoms with E-state index in [0.29, 0.717) is 0 Å². The molecule has 0 aromatic heterocycles. The molecule has 0 amide bonds. The largest absolute Gasteiger partial charge is 0.486 e. The second kappa shape index (κ2) is 3.67. The van der Waals surface area contributed by atoms with Crippen LogP contribution in [0.1, 0.15) is 30.1 Å². The summed E-state index contributed by atoms with van der Waals surface area (Å²) < 4.78 is 6.12. The van der Waals surface area contributed by atoms with E-state index in [9.17, 15) is 5.11 Å². The highest BCUT2D eigenvalue weighted by atomic mass is 32.2. The molecular weight excluding hydrogens is 220 g/mol. The van der Waals surface area contributed by atoms with Crippen LogP contribution in [0.15, 0.2) is 18.2 Å². The topological polar surface area (TPSA) is 29.5 Å². The number of fused-ring (bicyclic) bond motifs is 1. The molecule has 1 aromatic rings. The first-order chi connectivity index (χ1) is 7.69. The quantitative estimate of drug-likeness (QED) is 0.751. The van der Waals surface area contributed by atoms with Crippen molar-refractivity contribution in [3.63, 3.8) is 0 Å². The molecule has 3 rings (SSSR count). The van der Waals surface area contributed by atoms with Gasteiger partial charge >= 0.3 is 0 Å². The van der Waals surface area contributed by atoms with Gasteiger partial charge in [-0.3, -0.25) is 0 Å². The Labute approximate surface area is 100 Å². The van der Waals surface area contributed by atoms with E-state index in [1.165, 1.54) is 5.56 Å². The van der Waals surface area contributed by atoms with E-state index in [2.05, 4.69) is 0 Å². The van der Waals surface area contributed by atoms with Crippen molar-refractivity contribution in [2.45, 2.75) is 31.5 Å². The number of benzene rings is 1. The van der Waals surface area contributed by atoms with E-state index in [1.54, 1.807) is 0 Å². The van der Waals surface area contributed by atoms with Crippen LogP contribution in [0.2, 0.25) is 0 Å². The fourth-order valence-corrected chi connectivity index (χ4v) is 3.94. The van der Waals surface area contributed by atoms with Gasteiger partial charge in [-0.25, -0.2) is 0 Å². The highest BCUT2D eigenvalue weighted by molar-refractivity contribution is 7.99. The Morgan fingerprint density at radius 3 is 3.12 bits per heavy atom. The van der Waals surface area contributed by atoms with Gasteiger partial charge in [-0.2, -0.15) is 11.8 Å². The summed E-state index contributed by atoms with van der Waals surface area (Å²) in [6.07, 6.45) is 1.45. The monoisotopic (exact) mass is 236 g/mol. The van der Waals surface area contributed by atoms with Crippen LogP contribution < -0.4 is 4.74 Å². The number of rotatable bonds is 0. The summed E-state index contributed by atoms with van der Waals surface area (Å²) in [6.45, 7) is 2.04. The van der Waals surface area contributed by atoms with E-state index in [4.69, 9.17) is 4.74 Å². The molecule has 2 aliphatic rings. The third-order valence-electron chi connectivity index (χ3n) is 3.48. The Hall–Kier alpha value is -0.670. The molecule has 86 valence electrons. The summed E-state index contributed by atoms with van der Waals surface area (Å²) in [5.74, 6) is 3.04. The number of hydrogen-bond acceptors (Lipinski definition) is 3. The van der Waals surface area contributed by atoms with Crippen molar-refractivity contribution in [2.75, 3.05) is 11.5 Å². The molecule has 0 bridgehead atoms. The molecule has 16 heavy (non-hydrogen) atoms. The molecule has 0 saturated carbocycles. The smallest absolute Gasteiger partial charge is 0.126 e. The first-order valence-corrected chi connectivity index (χ1v) is 6.89. The SMILES string of the molecule is Cc1ccc2c(c1)C(O)CC1(CCSC1)O2. The second-order valence-electron chi connectivity index (χ2n) is 4.85. The summed E-state index contributed by atoms with van der Waals surface area (Å²) in [5.41, 5.74) is 2.03. The number of thioether (sulfide) groups is 1. The minimum atomic E-state index is -0.359. The van der Waals surface area contributed by atoms with Crippen molar-refractivity contribution in [3.8, 4) is 5.75 Å². The Morgan fingerprint density at radius 2 is 2.38 bits per heavy atom. The number of hydrogen-bond donors (Lipinski definition) is 1. The Balaban J connectivity index is 1.99. The summed E-state index contributed by atoms with van der Waals surface area (Å²) in [4.78, 5) is 0. The Kier molecular flexibility index (Phi) is 2.41. The molecule has 1 fully saturated rings. The van der Waals surface area contributed by atoms with Gasteiger partial charge in [0, 0.05) is 17.7 Å².